The van der Waals surface area contributed by atoms with Crippen molar-refractivity contribution in [2.45, 2.75) is 27.3 Å². The number of nitrogens with zero attached hydrogens (tertiary/aromatic N) is 5. The molecule has 0 radical (unpaired) electrons. The zero-order valence-electron chi connectivity index (χ0n) is 17.0. The lowest BCUT2D eigenvalue weighted by Crippen LogP contribution is -2.22. The number of carbonyl (C=O) groups is 1. The Bertz CT molecular complexity index is 1280. The number of fused-ring (bicyclic) bond motifs is 1. The first-order valence-electron chi connectivity index (χ1n) is 9.53. The summed E-state index contributed by atoms with van der Waals surface area (Å²) in [6, 6.07) is 15.8. The van der Waals surface area contributed by atoms with Crippen molar-refractivity contribution in [2.24, 2.45) is 12.0 Å². The van der Waals surface area contributed by atoms with Gasteiger partial charge in [0, 0.05) is 25.5 Å². The van der Waals surface area contributed by atoms with Gasteiger partial charge >= 0.3 is 0 Å². The van der Waals surface area contributed by atoms with Crippen LogP contribution in [0.1, 0.15) is 32.9 Å². The Labute approximate surface area is 169 Å². The Morgan fingerprint density at radius 3 is 2.59 bits per heavy atom. The van der Waals surface area contributed by atoms with Crippen LogP contribution in [-0.2, 0) is 13.6 Å². The van der Waals surface area contributed by atoms with E-state index in [2.05, 4.69) is 46.3 Å². The van der Waals surface area contributed by atoms with Gasteiger partial charge in [0.1, 0.15) is 5.49 Å². The molecule has 1 amide bonds. The minimum atomic E-state index is -0.291. The summed E-state index contributed by atoms with van der Waals surface area (Å²) in [4.78, 5) is 22.1. The highest BCUT2D eigenvalue weighted by atomic mass is 16.1. The predicted molar refractivity (Wildman–Crippen MR) is 113 cm³/mol. The molecule has 0 aliphatic carbocycles. The second-order valence-electron chi connectivity index (χ2n) is 7.31. The number of benzene rings is 1. The SMILES string of the molecule is Cc1ccc(Cn2ccccc2=NC(=O)c2cc(C)nc3c2c(C)nn3C)cc1. The smallest absolute Gasteiger partial charge is 0.279 e. The molecule has 0 unspecified atom stereocenters. The highest BCUT2D eigenvalue weighted by Gasteiger charge is 2.17. The van der Waals surface area contributed by atoms with Gasteiger partial charge in [0.2, 0.25) is 0 Å². The van der Waals surface area contributed by atoms with Gasteiger partial charge in [-0.25, -0.2) is 4.98 Å². The minimum Gasteiger partial charge on any atom is -0.328 e. The summed E-state index contributed by atoms with van der Waals surface area (Å²) in [5.74, 6) is -0.291. The zero-order valence-corrected chi connectivity index (χ0v) is 17.0. The van der Waals surface area contributed by atoms with Crippen molar-refractivity contribution in [3.05, 3.63) is 88.3 Å². The van der Waals surface area contributed by atoms with Gasteiger partial charge in [0.05, 0.1) is 16.6 Å². The molecule has 0 aliphatic heterocycles. The fourth-order valence-electron chi connectivity index (χ4n) is 3.50. The quantitative estimate of drug-likeness (QED) is 0.542. The molecule has 3 heterocycles. The van der Waals surface area contributed by atoms with E-state index in [1.165, 1.54) is 5.56 Å². The van der Waals surface area contributed by atoms with Crippen molar-refractivity contribution in [1.29, 1.82) is 0 Å². The first-order valence-corrected chi connectivity index (χ1v) is 9.53. The van der Waals surface area contributed by atoms with Crippen LogP contribution in [0.5, 0.6) is 0 Å². The molecule has 0 spiro atoms. The highest BCUT2D eigenvalue weighted by molar-refractivity contribution is 6.07. The Balaban J connectivity index is 1.79. The molecule has 146 valence electrons. The maximum Gasteiger partial charge on any atom is 0.279 e. The van der Waals surface area contributed by atoms with Crippen LogP contribution >= 0.6 is 0 Å². The van der Waals surface area contributed by atoms with Gasteiger partial charge in [0.15, 0.2) is 5.65 Å². The highest BCUT2D eigenvalue weighted by Crippen LogP contribution is 2.22. The van der Waals surface area contributed by atoms with Crippen molar-refractivity contribution < 1.29 is 4.79 Å². The minimum absolute atomic E-state index is 0.291. The van der Waals surface area contributed by atoms with Crippen LogP contribution in [0.2, 0.25) is 0 Å². The summed E-state index contributed by atoms with van der Waals surface area (Å²) < 4.78 is 3.68. The Hall–Kier alpha value is -3.54. The number of carbonyl (C=O) groups excluding carboxylic acids is 1. The largest absolute Gasteiger partial charge is 0.328 e. The Kier molecular flexibility index (Phi) is 4.84. The number of aryl methyl sites for hydroxylation is 4. The summed E-state index contributed by atoms with van der Waals surface area (Å²) in [5.41, 5.74) is 5.75. The number of hydrogen-bond donors (Lipinski definition) is 0. The van der Waals surface area contributed by atoms with E-state index in [1.807, 2.05) is 49.9 Å². The summed E-state index contributed by atoms with van der Waals surface area (Å²) in [6.45, 7) is 6.47. The van der Waals surface area contributed by atoms with Crippen molar-refractivity contribution in [1.82, 2.24) is 19.3 Å². The molecule has 0 saturated heterocycles. The predicted octanol–water partition coefficient (Wildman–Crippen LogP) is 3.48. The van der Waals surface area contributed by atoms with E-state index in [0.29, 0.717) is 23.2 Å². The monoisotopic (exact) mass is 385 g/mol. The fourth-order valence-corrected chi connectivity index (χ4v) is 3.50. The topological polar surface area (TPSA) is 65.1 Å². The van der Waals surface area contributed by atoms with Gasteiger partial charge < -0.3 is 4.57 Å². The van der Waals surface area contributed by atoms with Crippen molar-refractivity contribution in [3.63, 3.8) is 0 Å². The van der Waals surface area contributed by atoms with E-state index in [-0.39, 0.29) is 5.91 Å². The lowest BCUT2D eigenvalue weighted by molar-refractivity contribution is 0.0998. The van der Waals surface area contributed by atoms with E-state index in [1.54, 1.807) is 10.7 Å². The summed E-state index contributed by atoms with van der Waals surface area (Å²) in [6.07, 6.45) is 1.94. The molecule has 6 heteroatoms. The van der Waals surface area contributed by atoms with Crippen LogP contribution in [0.4, 0.5) is 0 Å². The summed E-state index contributed by atoms with van der Waals surface area (Å²) in [7, 11) is 1.83. The first kappa shape index (κ1) is 18.8. The molecule has 3 aromatic heterocycles. The molecule has 1 aromatic carbocycles. The molecule has 4 rings (SSSR count). The molecule has 0 saturated carbocycles. The molecule has 0 aliphatic rings. The van der Waals surface area contributed by atoms with Crippen LogP contribution in [0.25, 0.3) is 11.0 Å². The van der Waals surface area contributed by atoms with Gasteiger partial charge in [-0.2, -0.15) is 10.1 Å². The third-order valence-corrected chi connectivity index (χ3v) is 4.93. The van der Waals surface area contributed by atoms with Gasteiger partial charge in [-0.05, 0) is 44.5 Å². The van der Waals surface area contributed by atoms with Gasteiger partial charge in [-0.1, -0.05) is 35.9 Å². The number of amides is 1. The van der Waals surface area contributed by atoms with E-state index in [4.69, 9.17) is 0 Å². The number of pyridine rings is 2. The number of aromatic nitrogens is 4. The number of hydrogen-bond acceptors (Lipinski definition) is 3. The molecule has 0 atom stereocenters. The normalized spacial score (nSPS) is 11.9. The fraction of sp³-hybridized carbons (Fsp3) is 0.217. The van der Waals surface area contributed by atoms with E-state index >= 15 is 0 Å². The van der Waals surface area contributed by atoms with Crippen LogP contribution in [-0.4, -0.2) is 25.2 Å². The first-order chi connectivity index (χ1) is 13.9. The molecule has 29 heavy (non-hydrogen) atoms. The average molecular weight is 385 g/mol. The molecular formula is C23H23N5O. The summed E-state index contributed by atoms with van der Waals surface area (Å²) in [5, 5.41) is 5.17. The van der Waals surface area contributed by atoms with Gasteiger partial charge in [0.25, 0.3) is 5.91 Å². The molecule has 4 aromatic rings. The Morgan fingerprint density at radius 2 is 1.83 bits per heavy atom. The molecular weight excluding hydrogens is 362 g/mol. The molecule has 6 nitrogen and oxygen atoms in total. The lowest BCUT2D eigenvalue weighted by Gasteiger charge is -2.08. The van der Waals surface area contributed by atoms with E-state index in [0.717, 1.165) is 22.3 Å². The summed E-state index contributed by atoms with van der Waals surface area (Å²) >= 11 is 0. The third kappa shape index (κ3) is 3.74. The standard InChI is InChI=1S/C23H23N5O/c1-15-8-10-18(11-9-15)14-28-12-6-5-7-20(28)25-23(29)19-13-16(2)24-22-21(19)17(3)26-27(22)4/h5-13H,14H2,1-4H3. The Morgan fingerprint density at radius 1 is 1.07 bits per heavy atom. The molecule has 0 N–H and O–H groups in total. The molecule has 0 fully saturated rings. The maximum atomic E-state index is 13.1. The average Bonchev–Trinajstić information content (AvgIpc) is 2.98. The lowest BCUT2D eigenvalue weighted by atomic mass is 10.1. The van der Waals surface area contributed by atoms with E-state index < -0.39 is 0 Å². The van der Waals surface area contributed by atoms with Crippen LogP contribution < -0.4 is 5.49 Å². The van der Waals surface area contributed by atoms with E-state index in [9.17, 15) is 4.79 Å². The zero-order chi connectivity index (χ0) is 20.5. The van der Waals surface area contributed by atoms with Gasteiger partial charge in [-0.15, -0.1) is 0 Å². The third-order valence-electron chi connectivity index (χ3n) is 4.93. The van der Waals surface area contributed by atoms with Crippen molar-refractivity contribution in [3.8, 4) is 0 Å². The second kappa shape index (κ2) is 7.47. The second-order valence-corrected chi connectivity index (χ2v) is 7.31. The van der Waals surface area contributed by atoms with Crippen LogP contribution in [0.3, 0.4) is 0 Å². The van der Waals surface area contributed by atoms with Crippen LogP contribution in [0, 0.1) is 20.8 Å². The van der Waals surface area contributed by atoms with Crippen LogP contribution in [0.15, 0.2) is 59.7 Å². The van der Waals surface area contributed by atoms with Gasteiger partial charge in [-0.3, -0.25) is 9.48 Å². The number of rotatable bonds is 3. The van der Waals surface area contributed by atoms with Crippen molar-refractivity contribution >= 4 is 16.9 Å². The maximum absolute atomic E-state index is 13.1. The molecule has 0 bridgehead atoms. The van der Waals surface area contributed by atoms with Crippen molar-refractivity contribution in [2.75, 3.05) is 0 Å².